The van der Waals surface area contributed by atoms with Crippen molar-refractivity contribution >= 4 is 34.0 Å². The van der Waals surface area contributed by atoms with Crippen LogP contribution in [0.5, 0.6) is 0 Å². The lowest BCUT2D eigenvalue weighted by Crippen LogP contribution is -2.48. The zero-order valence-corrected chi connectivity index (χ0v) is 13.4. The number of rotatable bonds is 3. The van der Waals surface area contributed by atoms with Crippen molar-refractivity contribution < 1.29 is 8.42 Å². The number of piperidine rings is 1. The van der Waals surface area contributed by atoms with E-state index in [0.29, 0.717) is 12.1 Å². The molecule has 2 saturated heterocycles. The van der Waals surface area contributed by atoms with Gasteiger partial charge in [-0.1, -0.05) is 11.6 Å². The van der Waals surface area contributed by atoms with E-state index in [9.17, 15) is 8.42 Å². The molecule has 2 N–H and O–H groups in total. The Morgan fingerprint density at radius 3 is 2.50 bits per heavy atom. The molecule has 0 aromatic carbocycles. The quantitative estimate of drug-likeness (QED) is 0.862. The molecule has 2 fully saturated rings. The van der Waals surface area contributed by atoms with Crippen LogP contribution < -0.4 is 10.0 Å². The molecule has 0 amide bonds. The first-order valence-corrected chi connectivity index (χ1v) is 8.27. The summed E-state index contributed by atoms with van der Waals surface area (Å²) in [6.45, 7) is 0. The fourth-order valence-corrected chi connectivity index (χ4v) is 5.05. The van der Waals surface area contributed by atoms with Gasteiger partial charge in [0, 0.05) is 25.2 Å². The van der Waals surface area contributed by atoms with Crippen LogP contribution in [0.15, 0.2) is 11.2 Å². The summed E-state index contributed by atoms with van der Waals surface area (Å²) in [5.74, 6) is 0. The van der Waals surface area contributed by atoms with Gasteiger partial charge in [0.05, 0.1) is 11.2 Å². The van der Waals surface area contributed by atoms with E-state index in [1.54, 1.807) is 7.05 Å². The van der Waals surface area contributed by atoms with Crippen LogP contribution in [0.1, 0.15) is 25.7 Å². The molecule has 2 unspecified atom stereocenters. The number of aryl methyl sites for hydroxylation is 1. The fourth-order valence-electron chi connectivity index (χ4n) is 3.13. The average molecular weight is 341 g/mol. The van der Waals surface area contributed by atoms with E-state index in [1.807, 2.05) is 0 Å². The second-order valence-electron chi connectivity index (χ2n) is 5.35. The van der Waals surface area contributed by atoms with Crippen molar-refractivity contribution in [3.63, 3.8) is 0 Å². The van der Waals surface area contributed by atoms with Crippen LogP contribution >= 0.6 is 24.0 Å². The molecule has 114 valence electrons. The van der Waals surface area contributed by atoms with Crippen LogP contribution in [-0.2, 0) is 17.1 Å². The third kappa shape index (κ3) is 2.96. The highest BCUT2D eigenvalue weighted by atomic mass is 35.5. The van der Waals surface area contributed by atoms with Gasteiger partial charge in [0.15, 0.2) is 5.03 Å². The first kappa shape index (κ1) is 16.0. The highest BCUT2D eigenvalue weighted by Gasteiger charge is 2.36. The Morgan fingerprint density at radius 2 is 2.00 bits per heavy atom. The third-order valence-electron chi connectivity index (χ3n) is 3.89. The molecule has 3 heterocycles. The predicted octanol–water partition coefficient (Wildman–Crippen LogP) is 1.06. The normalized spacial score (nSPS) is 29.2. The van der Waals surface area contributed by atoms with Crippen molar-refractivity contribution in [1.82, 2.24) is 19.8 Å². The van der Waals surface area contributed by atoms with E-state index in [0.717, 1.165) is 25.7 Å². The van der Waals surface area contributed by atoms with Gasteiger partial charge in [-0.15, -0.1) is 12.4 Å². The lowest BCUT2D eigenvalue weighted by molar-refractivity contribution is 0.344. The summed E-state index contributed by atoms with van der Waals surface area (Å²) in [5.41, 5.74) is 0. The molecule has 2 bridgehead atoms. The minimum atomic E-state index is -3.61. The second-order valence-corrected chi connectivity index (χ2v) is 7.39. The number of hydrogen-bond donors (Lipinski definition) is 2. The topological polar surface area (TPSA) is 76.0 Å². The van der Waals surface area contributed by atoms with Crippen LogP contribution in [0.2, 0.25) is 5.02 Å². The summed E-state index contributed by atoms with van der Waals surface area (Å²) in [7, 11) is -2.03. The van der Waals surface area contributed by atoms with Gasteiger partial charge in [0.1, 0.15) is 0 Å². The minimum Gasteiger partial charge on any atom is -0.311 e. The van der Waals surface area contributed by atoms with Crippen LogP contribution in [0.4, 0.5) is 0 Å². The minimum absolute atomic E-state index is 0. The van der Waals surface area contributed by atoms with Crippen LogP contribution in [-0.4, -0.2) is 36.3 Å². The Bertz CT molecular complexity index is 558. The van der Waals surface area contributed by atoms with E-state index in [2.05, 4.69) is 15.1 Å². The van der Waals surface area contributed by atoms with Crippen molar-refractivity contribution in [3.05, 3.63) is 11.2 Å². The molecule has 0 saturated carbocycles. The molecule has 9 heteroatoms. The van der Waals surface area contributed by atoms with Crippen molar-refractivity contribution in [2.75, 3.05) is 0 Å². The number of halogens is 2. The summed E-state index contributed by atoms with van der Waals surface area (Å²) in [4.78, 5) is 0. The molecule has 2 aliphatic rings. The average Bonchev–Trinajstić information content (AvgIpc) is 2.82. The molecular weight excluding hydrogens is 323 g/mol. The molecule has 0 spiro atoms. The summed E-state index contributed by atoms with van der Waals surface area (Å²) >= 11 is 5.90. The zero-order valence-electron chi connectivity index (χ0n) is 11.0. The van der Waals surface area contributed by atoms with Gasteiger partial charge in [0.25, 0.3) is 10.0 Å². The molecule has 2 atom stereocenters. The van der Waals surface area contributed by atoms with Gasteiger partial charge in [-0.25, -0.2) is 13.1 Å². The maximum Gasteiger partial charge on any atom is 0.259 e. The molecule has 6 nitrogen and oxygen atoms in total. The van der Waals surface area contributed by atoms with Crippen LogP contribution in [0.3, 0.4) is 0 Å². The van der Waals surface area contributed by atoms with Gasteiger partial charge >= 0.3 is 0 Å². The number of fused-ring (bicyclic) bond motifs is 2. The largest absolute Gasteiger partial charge is 0.311 e. The Labute approximate surface area is 129 Å². The van der Waals surface area contributed by atoms with Gasteiger partial charge in [-0.2, -0.15) is 5.10 Å². The third-order valence-corrected chi connectivity index (χ3v) is 5.92. The van der Waals surface area contributed by atoms with E-state index in [4.69, 9.17) is 11.6 Å². The fraction of sp³-hybridized carbons (Fsp3) is 0.727. The van der Waals surface area contributed by atoms with Crippen molar-refractivity contribution in [1.29, 1.82) is 0 Å². The maximum atomic E-state index is 12.4. The molecular formula is C11H18Cl2N4O2S. The van der Waals surface area contributed by atoms with Crippen molar-refractivity contribution in [3.8, 4) is 0 Å². The number of nitrogens with zero attached hydrogens (tertiary/aromatic N) is 2. The smallest absolute Gasteiger partial charge is 0.259 e. The van der Waals surface area contributed by atoms with Crippen molar-refractivity contribution in [2.24, 2.45) is 7.05 Å². The summed E-state index contributed by atoms with van der Waals surface area (Å²) < 4.78 is 28.8. The standard InChI is InChI=1S/C11H17ClN4O2S.ClH/c1-16-11(10(12)6-13-16)19(17,18)15-9-4-7-2-3-8(5-9)14-7;/h6-9,14-15H,2-5H2,1H3;1H. The van der Waals surface area contributed by atoms with Crippen molar-refractivity contribution in [2.45, 2.75) is 48.8 Å². The number of hydrogen-bond acceptors (Lipinski definition) is 4. The summed E-state index contributed by atoms with van der Waals surface area (Å²) in [6.07, 6.45) is 5.30. The lowest BCUT2D eigenvalue weighted by atomic mass is 10.0. The molecule has 1 aromatic rings. The molecule has 3 rings (SSSR count). The molecule has 20 heavy (non-hydrogen) atoms. The highest BCUT2D eigenvalue weighted by Crippen LogP contribution is 2.28. The Balaban J connectivity index is 0.00000147. The van der Waals surface area contributed by atoms with E-state index in [1.165, 1.54) is 10.9 Å². The first-order chi connectivity index (χ1) is 8.95. The lowest BCUT2D eigenvalue weighted by Gasteiger charge is -2.29. The molecule has 2 aliphatic heterocycles. The zero-order chi connectivity index (χ0) is 13.6. The Morgan fingerprint density at radius 1 is 1.40 bits per heavy atom. The predicted molar refractivity (Wildman–Crippen MR) is 78.8 cm³/mol. The number of nitrogens with one attached hydrogen (secondary N) is 2. The van der Waals surface area contributed by atoms with Gasteiger partial charge in [-0.3, -0.25) is 4.68 Å². The molecule has 0 aliphatic carbocycles. The van der Waals surface area contributed by atoms with E-state index < -0.39 is 10.0 Å². The summed E-state index contributed by atoms with van der Waals surface area (Å²) in [5, 5.41) is 7.56. The SMILES string of the molecule is Cl.Cn1ncc(Cl)c1S(=O)(=O)NC1CC2CCC(C1)N2. The van der Waals surface area contributed by atoms with E-state index in [-0.39, 0.29) is 28.5 Å². The van der Waals surface area contributed by atoms with Crippen LogP contribution in [0, 0.1) is 0 Å². The van der Waals surface area contributed by atoms with Crippen LogP contribution in [0.25, 0.3) is 0 Å². The molecule has 0 radical (unpaired) electrons. The number of aromatic nitrogens is 2. The van der Waals surface area contributed by atoms with Gasteiger partial charge in [0.2, 0.25) is 0 Å². The first-order valence-electron chi connectivity index (χ1n) is 6.41. The summed E-state index contributed by atoms with van der Waals surface area (Å²) in [6, 6.07) is 0.858. The van der Waals surface area contributed by atoms with E-state index >= 15 is 0 Å². The maximum absolute atomic E-state index is 12.4. The van der Waals surface area contributed by atoms with Gasteiger partial charge in [-0.05, 0) is 25.7 Å². The van der Waals surface area contributed by atoms with Gasteiger partial charge < -0.3 is 5.32 Å². The second kappa shape index (κ2) is 5.81. The highest BCUT2D eigenvalue weighted by molar-refractivity contribution is 7.89. The molecule has 1 aromatic heterocycles. The number of sulfonamides is 1. The Kier molecular flexibility index (Phi) is 4.66. The monoisotopic (exact) mass is 340 g/mol. The Hall–Kier alpha value is -0.340.